The molecule has 2 rings (SSSR count). The minimum atomic E-state index is -0.954. The van der Waals surface area contributed by atoms with Gasteiger partial charge in [0.15, 0.2) is 5.72 Å². The molecule has 1 fully saturated rings. The second-order valence-corrected chi connectivity index (χ2v) is 4.38. The van der Waals surface area contributed by atoms with E-state index in [4.69, 9.17) is 4.74 Å². The van der Waals surface area contributed by atoms with Crippen molar-refractivity contribution in [1.29, 1.82) is 0 Å². The van der Waals surface area contributed by atoms with E-state index >= 15 is 0 Å². The Morgan fingerprint density at radius 2 is 2.00 bits per heavy atom. The number of ether oxygens (including phenoxy) is 1. The van der Waals surface area contributed by atoms with Gasteiger partial charge in [-0.2, -0.15) is 0 Å². The average molecular weight is 207 g/mol. The molecule has 0 radical (unpaired) electrons. The van der Waals surface area contributed by atoms with Crippen LogP contribution >= 0.6 is 0 Å². The van der Waals surface area contributed by atoms with Crippen LogP contribution in [0.3, 0.4) is 0 Å². The first-order valence-corrected chi connectivity index (χ1v) is 5.23. The second-order valence-electron chi connectivity index (χ2n) is 4.38. The lowest BCUT2D eigenvalue weighted by Crippen LogP contribution is -2.55. The molecular formula is C12H17NO2. The molecule has 1 unspecified atom stereocenters. The molecule has 3 heteroatoms. The maximum Gasteiger partial charge on any atom is 0.173 e. The van der Waals surface area contributed by atoms with Gasteiger partial charge in [-0.05, 0) is 13.8 Å². The van der Waals surface area contributed by atoms with Gasteiger partial charge in [0.2, 0.25) is 0 Å². The van der Waals surface area contributed by atoms with Crippen LogP contribution in [0.15, 0.2) is 30.3 Å². The van der Waals surface area contributed by atoms with Gasteiger partial charge in [0.05, 0.1) is 6.61 Å². The summed E-state index contributed by atoms with van der Waals surface area (Å²) >= 11 is 0. The summed E-state index contributed by atoms with van der Waals surface area (Å²) in [4.78, 5) is 0. The molecule has 15 heavy (non-hydrogen) atoms. The maximum atomic E-state index is 10.2. The summed E-state index contributed by atoms with van der Waals surface area (Å²) in [7, 11) is 0. The summed E-state index contributed by atoms with van der Waals surface area (Å²) in [5.41, 5.74) is -0.756. The van der Waals surface area contributed by atoms with Gasteiger partial charge in [-0.25, -0.2) is 0 Å². The van der Waals surface area contributed by atoms with Crippen molar-refractivity contribution in [3.05, 3.63) is 35.9 Å². The quantitative estimate of drug-likeness (QED) is 0.766. The summed E-state index contributed by atoms with van der Waals surface area (Å²) in [5, 5.41) is 13.5. The van der Waals surface area contributed by atoms with E-state index in [1.54, 1.807) is 13.8 Å². The highest BCUT2D eigenvalue weighted by Crippen LogP contribution is 2.36. The fourth-order valence-corrected chi connectivity index (χ4v) is 2.09. The van der Waals surface area contributed by atoms with Crippen LogP contribution in [-0.4, -0.2) is 23.9 Å². The molecular weight excluding hydrogens is 190 g/mol. The van der Waals surface area contributed by atoms with Crippen molar-refractivity contribution < 1.29 is 9.84 Å². The van der Waals surface area contributed by atoms with Crippen LogP contribution in [0, 0.1) is 0 Å². The molecule has 1 atom stereocenters. The molecule has 0 spiro atoms. The van der Waals surface area contributed by atoms with Gasteiger partial charge < -0.3 is 9.84 Å². The van der Waals surface area contributed by atoms with E-state index < -0.39 is 11.3 Å². The van der Waals surface area contributed by atoms with Crippen LogP contribution in [0.2, 0.25) is 0 Å². The fraction of sp³-hybridized carbons (Fsp3) is 0.500. The van der Waals surface area contributed by atoms with Crippen LogP contribution < -0.4 is 5.32 Å². The minimum Gasteiger partial charge on any atom is -0.386 e. The molecule has 3 nitrogen and oxygen atoms in total. The first-order valence-electron chi connectivity index (χ1n) is 5.23. The molecule has 0 bridgehead atoms. The Morgan fingerprint density at radius 1 is 1.33 bits per heavy atom. The third-order valence-electron chi connectivity index (χ3n) is 2.84. The topological polar surface area (TPSA) is 41.5 Å². The zero-order chi connectivity index (χ0) is 10.9. The highest BCUT2D eigenvalue weighted by molar-refractivity contribution is 5.26. The van der Waals surface area contributed by atoms with Crippen molar-refractivity contribution in [3.8, 4) is 0 Å². The number of aliphatic hydroxyl groups is 1. The number of benzene rings is 1. The van der Waals surface area contributed by atoms with Crippen molar-refractivity contribution in [2.24, 2.45) is 0 Å². The normalized spacial score (nSPS) is 26.9. The molecule has 1 aliphatic rings. The van der Waals surface area contributed by atoms with Crippen LogP contribution in [0.1, 0.15) is 19.4 Å². The van der Waals surface area contributed by atoms with Crippen LogP contribution in [0.4, 0.5) is 0 Å². The monoisotopic (exact) mass is 207 g/mol. The zero-order valence-electron chi connectivity index (χ0n) is 9.16. The Bertz CT molecular complexity index is 323. The maximum absolute atomic E-state index is 10.2. The summed E-state index contributed by atoms with van der Waals surface area (Å²) in [6.45, 7) is 4.91. The zero-order valence-corrected chi connectivity index (χ0v) is 9.16. The number of rotatable bonds is 2. The van der Waals surface area contributed by atoms with Gasteiger partial charge in [-0.3, -0.25) is 5.32 Å². The standard InChI is InChI=1S/C12H17NO2/c1-11(2,14)12(13-8-9-15-12)10-6-4-3-5-7-10/h3-7,13-14H,8-9H2,1-2H3. The van der Waals surface area contributed by atoms with E-state index in [9.17, 15) is 5.11 Å². The van der Waals surface area contributed by atoms with Gasteiger partial charge >= 0.3 is 0 Å². The van der Waals surface area contributed by atoms with Gasteiger partial charge in [0.1, 0.15) is 5.60 Å². The Hall–Kier alpha value is -0.900. The molecule has 1 saturated heterocycles. The third-order valence-corrected chi connectivity index (χ3v) is 2.84. The molecule has 1 aromatic carbocycles. The van der Waals surface area contributed by atoms with Crippen LogP contribution in [-0.2, 0) is 10.5 Å². The summed E-state index contributed by atoms with van der Waals surface area (Å²) in [6.07, 6.45) is 0. The smallest absolute Gasteiger partial charge is 0.173 e. The number of hydrogen-bond donors (Lipinski definition) is 2. The average Bonchev–Trinajstić information content (AvgIpc) is 2.68. The van der Waals surface area contributed by atoms with Crippen molar-refractivity contribution in [2.75, 3.05) is 13.2 Å². The van der Waals surface area contributed by atoms with Gasteiger partial charge in [0, 0.05) is 12.1 Å². The number of hydrogen-bond acceptors (Lipinski definition) is 3. The lowest BCUT2D eigenvalue weighted by atomic mass is 9.87. The molecule has 1 aliphatic heterocycles. The Balaban J connectivity index is 2.44. The molecule has 1 heterocycles. The van der Waals surface area contributed by atoms with Crippen molar-refractivity contribution >= 4 is 0 Å². The van der Waals surface area contributed by atoms with Crippen LogP contribution in [0.25, 0.3) is 0 Å². The highest BCUT2D eigenvalue weighted by atomic mass is 16.5. The summed E-state index contributed by atoms with van der Waals surface area (Å²) < 4.78 is 5.73. The lowest BCUT2D eigenvalue weighted by molar-refractivity contribution is -0.159. The molecule has 2 N–H and O–H groups in total. The molecule has 82 valence electrons. The predicted molar refractivity (Wildman–Crippen MR) is 58.4 cm³/mol. The van der Waals surface area contributed by atoms with E-state index in [1.165, 1.54) is 0 Å². The predicted octanol–water partition coefficient (Wildman–Crippen LogP) is 1.23. The molecule has 1 aromatic rings. The molecule has 0 amide bonds. The van der Waals surface area contributed by atoms with Gasteiger partial charge in [0.25, 0.3) is 0 Å². The number of nitrogens with one attached hydrogen (secondary N) is 1. The SMILES string of the molecule is CC(C)(O)C1(c2ccccc2)NCCO1. The van der Waals surface area contributed by atoms with Crippen molar-refractivity contribution in [1.82, 2.24) is 5.32 Å². The van der Waals surface area contributed by atoms with Crippen molar-refractivity contribution in [2.45, 2.75) is 25.2 Å². The first-order chi connectivity index (χ1) is 7.06. The third kappa shape index (κ3) is 1.67. The van der Waals surface area contributed by atoms with Gasteiger partial charge in [-0.1, -0.05) is 30.3 Å². The molecule has 0 aromatic heterocycles. The first kappa shape index (κ1) is 10.6. The van der Waals surface area contributed by atoms with E-state index in [-0.39, 0.29) is 0 Å². The summed E-state index contributed by atoms with van der Waals surface area (Å²) in [6, 6.07) is 9.79. The van der Waals surface area contributed by atoms with Gasteiger partial charge in [-0.15, -0.1) is 0 Å². The largest absolute Gasteiger partial charge is 0.386 e. The Morgan fingerprint density at radius 3 is 2.47 bits per heavy atom. The van der Waals surface area contributed by atoms with Crippen LogP contribution in [0.5, 0.6) is 0 Å². The Kier molecular flexibility index (Phi) is 2.54. The Labute approximate surface area is 90.1 Å². The molecule has 0 saturated carbocycles. The molecule has 0 aliphatic carbocycles. The van der Waals surface area contributed by atoms with Crippen molar-refractivity contribution in [3.63, 3.8) is 0 Å². The second kappa shape index (κ2) is 3.59. The lowest BCUT2D eigenvalue weighted by Gasteiger charge is -2.39. The highest BCUT2D eigenvalue weighted by Gasteiger charge is 2.48. The van der Waals surface area contributed by atoms with E-state index in [0.29, 0.717) is 6.61 Å². The fourth-order valence-electron chi connectivity index (χ4n) is 2.09. The van der Waals surface area contributed by atoms with E-state index in [0.717, 1.165) is 12.1 Å². The van der Waals surface area contributed by atoms with E-state index in [1.807, 2.05) is 30.3 Å². The van der Waals surface area contributed by atoms with E-state index in [2.05, 4.69) is 5.32 Å². The summed E-state index contributed by atoms with van der Waals surface area (Å²) in [5.74, 6) is 0. The minimum absolute atomic E-state index is 0.624.